The highest BCUT2D eigenvalue weighted by Gasteiger charge is 2.71. The quantitative estimate of drug-likeness (QED) is 0.506. The summed E-state index contributed by atoms with van der Waals surface area (Å²) in [5.74, 6) is -3.07. The summed E-state index contributed by atoms with van der Waals surface area (Å²) in [5, 5.41) is 0. The first-order valence-corrected chi connectivity index (χ1v) is 11.2. The second-order valence-corrected chi connectivity index (χ2v) is 10.3. The lowest BCUT2D eigenvalue weighted by molar-refractivity contribution is -0.216. The van der Waals surface area contributed by atoms with E-state index in [0.717, 1.165) is 5.56 Å². The molecule has 32 heavy (non-hydrogen) atoms. The van der Waals surface area contributed by atoms with Crippen molar-refractivity contribution in [3.63, 3.8) is 0 Å². The van der Waals surface area contributed by atoms with Crippen molar-refractivity contribution < 1.29 is 37.8 Å². The summed E-state index contributed by atoms with van der Waals surface area (Å²) in [5.41, 5.74) is -2.08. The third-order valence-corrected chi connectivity index (χ3v) is 8.74. The molecule has 0 unspecified atom stereocenters. The van der Waals surface area contributed by atoms with Crippen LogP contribution in [0.3, 0.4) is 0 Å². The highest BCUT2D eigenvalue weighted by atomic mass is 16.6. The average Bonchev–Trinajstić information content (AvgIpc) is 3.40. The van der Waals surface area contributed by atoms with Crippen molar-refractivity contribution in [2.24, 2.45) is 28.6 Å². The fourth-order valence-electron chi connectivity index (χ4n) is 7.18. The first kappa shape index (κ1) is 21.2. The van der Waals surface area contributed by atoms with Gasteiger partial charge in [0.15, 0.2) is 11.4 Å². The SMILES string of the molecule is COC(=O)[C@@H]1C[C@]2(CCC(=O)O2)C(=O)[C@H]2[C@@]1(C)CC[C@H]1C(=O)O[C@H](c3ccoc3)C[C@]21C. The molecule has 3 heterocycles. The van der Waals surface area contributed by atoms with E-state index < -0.39 is 52.2 Å². The number of carbonyl (C=O) groups excluding carboxylic acids is 4. The van der Waals surface area contributed by atoms with Gasteiger partial charge in [-0.2, -0.15) is 0 Å². The molecule has 2 saturated carbocycles. The minimum atomic E-state index is -1.34. The van der Waals surface area contributed by atoms with E-state index in [1.165, 1.54) is 13.4 Å². The predicted molar refractivity (Wildman–Crippen MR) is 108 cm³/mol. The lowest BCUT2D eigenvalue weighted by atomic mass is 9.41. The Morgan fingerprint density at radius 2 is 1.91 bits per heavy atom. The number of hydrogen-bond donors (Lipinski definition) is 0. The minimum Gasteiger partial charge on any atom is -0.472 e. The number of ether oxygens (including phenoxy) is 3. The number of carbonyl (C=O) groups is 4. The van der Waals surface area contributed by atoms with Crippen molar-refractivity contribution in [2.75, 3.05) is 7.11 Å². The Kier molecular flexibility index (Phi) is 4.59. The smallest absolute Gasteiger partial charge is 0.310 e. The van der Waals surface area contributed by atoms with Crippen LogP contribution in [0.4, 0.5) is 0 Å². The Labute approximate surface area is 185 Å². The van der Waals surface area contributed by atoms with E-state index in [9.17, 15) is 19.2 Å². The van der Waals surface area contributed by atoms with Crippen molar-refractivity contribution >= 4 is 23.7 Å². The van der Waals surface area contributed by atoms with E-state index in [2.05, 4.69) is 0 Å². The van der Waals surface area contributed by atoms with Gasteiger partial charge in [0, 0.05) is 30.7 Å². The predicted octanol–water partition coefficient (Wildman–Crippen LogP) is 3.14. The largest absolute Gasteiger partial charge is 0.472 e. The number of rotatable bonds is 2. The monoisotopic (exact) mass is 444 g/mol. The van der Waals surface area contributed by atoms with Gasteiger partial charge in [-0.25, -0.2) is 0 Å². The Balaban J connectivity index is 1.63. The van der Waals surface area contributed by atoms with Crippen LogP contribution in [0.1, 0.15) is 64.0 Å². The first-order valence-electron chi connectivity index (χ1n) is 11.2. The fourth-order valence-corrected chi connectivity index (χ4v) is 7.18. The maximum Gasteiger partial charge on any atom is 0.310 e. The van der Waals surface area contributed by atoms with Gasteiger partial charge in [0.05, 0.1) is 31.5 Å². The highest BCUT2D eigenvalue weighted by Crippen LogP contribution is 2.67. The summed E-state index contributed by atoms with van der Waals surface area (Å²) in [6, 6.07) is 1.75. The van der Waals surface area contributed by atoms with Gasteiger partial charge in [-0.1, -0.05) is 13.8 Å². The average molecular weight is 444 g/mol. The maximum absolute atomic E-state index is 14.2. The van der Waals surface area contributed by atoms with E-state index in [-0.39, 0.29) is 31.0 Å². The normalized spacial score (nSPS) is 43.3. The molecule has 8 nitrogen and oxygen atoms in total. The molecule has 1 aromatic heterocycles. The van der Waals surface area contributed by atoms with Crippen molar-refractivity contribution in [3.05, 3.63) is 24.2 Å². The second-order valence-electron chi connectivity index (χ2n) is 10.3. The summed E-state index contributed by atoms with van der Waals surface area (Å²) in [4.78, 5) is 52.3. The van der Waals surface area contributed by atoms with Crippen LogP contribution in [0.2, 0.25) is 0 Å². The number of furan rings is 1. The number of Topliss-reactive ketones (excluding diaryl/α,β-unsaturated/α-hetero) is 1. The van der Waals surface area contributed by atoms with Crippen molar-refractivity contribution in [3.8, 4) is 0 Å². The van der Waals surface area contributed by atoms with Crippen LogP contribution in [0.5, 0.6) is 0 Å². The van der Waals surface area contributed by atoms with Gasteiger partial charge in [0.25, 0.3) is 0 Å². The third-order valence-electron chi connectivity index (χ3n) is 8.74. The molecule has 5 rings (SSSR count). The van der Waals surface area contributed by atoms with Gasteiger partial charge < -0.3 is 18.6 Å². The standard InChI is InChI=1S/C24H28O8/c1-22-7-4-14-21(28)31-16(13-6-9-30-12-13)11-23(14,2)18(22)19(26)24(8-5-17(25)32-24)10-15(22)20(27)29-3/h6,9,12,14-16,18H,4-5,7-8,10-11H2,1-3H3/t14-,15-,16-,18-,22-,23-,24+/m0/s1. The molecule has 0 amide bonds. The van der Waals surface area contributed by atoms with E-state index in [0.29, 0.717) is 19.3 Å². The molecule has 4 fully saturated rings. The topological polar surface area (TPSA) is 109 Å². The molecule has 2 saturated heterocycles. The molecule has 0 N–H and O–H groups in total. The number of fused-ring (bicyclic) bond motifs is 3. The van der Waals surface area contributed by atoms with Crippen LogP contribution in [0, 0.1) is 28.6 Å². The second kappa shape index (κ2) is 6.93. The van der Waals surface area contributed by atoms with Gasteiger partial charge in [-0.05, 0) is 36.2 Å². The van der Waals surface area contributed by atoms with Gasteiger partial charge in [0.1, 0.15) is 6.10 Å². The number of methoxy groups -OCH3 is 1. The molecule has 172 valence electrons. The van der Waals surface area contributed by atoms with Gasteiger partial charge in [-0.15, -0.1) is 0 Å². The summed E-state index contributed by atoms with van der Waals surface area (Å²) in [7, 11) is 1.34. The van der Waals surface area contributed by atoms with E-state index in [1.807, 2.05) is 13.8 Å². The summed E-state index contributed by atoms with van der Waals surface area (Å²) in [6.07, 6.45) is 4.51. The molecule has 1 aromatic rings. The van der Waals surface area contributed by atoms with Crippen LogP contribution in [0.15, 0.2) is 23.0 Å². The van der Waals surface area contributed by atoms with E-state index in [1.54, 1.807) is 12.3 Å². The molecular formula is C24H28O8. The number of esters is 3. The van der Waals surface area contributed by atoms with E-state index in [4.69, 9.17) is 18.6 Å². The first-order chi connectivity index (χ1) is 15.1. The van der Waals surface area contributed by atoms with Gasteiger partial charge in [0.2, 0.25) is 0 Å². The Bertz CT molecular complexity index is 982. The van der Waals surface area contributed by atoms with Crippen LogP contribution < -0.4 is 0 Å². The molecule has 2 aliphatic carbocycles. The maximum atomic E-state index is 14.2. The molecule has 0 bridgehead atoms. The lowest BCUT2D eigenvalue weighted by Crippen LogP contribution is -2.67. The fraction of sp³-hybridized carbons (Fsp3) is 0.667. The molecule has 7 atom stereocenters. The minimum absolute atomic E-state index is 0.133. The molecule has 8 heteroatoms. The molecule has 4 aliphatic rings. The number of hydrogen-bond acceptors (Lipinski definition) is 8. The van der Waals surface area contributed by atoms with Crippen molar-refractivity contribution in [1.29, 1.82) is 0 Å². The van der Waals surface area contributed by atoms with Crippen molar-refractivity contribution in [1.82, 2.24) is 0 Å². The molecule has 1 spiro atoms. The number of cyclic esters (lactones) is 1. The lowest BCUT2D eigenvalue weighted by Gasteiger charge is -2.62. The zero-order valence-corrected chi connectivity index (χ0v) is 18.6. The third kappa shape index (κ3) is 2.74. The van der Waals surface area contributed by atoms with Crippen LogP contribution in [0.25, 0.3) is 0 Å². The summed E-state index contributed by atoms with van der Waals surface area (Å²) in [6.45, 7) is 3.91. The Morgan fingerprint density at radius 3 is 2.53 bits per heavy atom. The van der Waals surface area contributed by atoms with Crippen molar-refractivity contribution in [2.45, 2.75) is 64.1 Å². The van der Waals surface area contributed by atoms with Gasteiger partial charge in [-0.3, -0.25) is 19.2 Å². The molecule has 0 aromatic carbocycles. The molecular weight excluding hydrogens is 416 g/mol. The van der Waals surface area contributed by atoms with Crippen LogP contribution in [-0.2, 0) is 33.4 Å². The molecule has 0 radical (unpaired) electrons. The Hall–Kier alpha value is -2.64. The molecule has 2 aliphatic heterocycles. The summed E-state index contributed by atoms with van der Waals surface area (Å²) < 4.78 is 21.7. The van der Waals surface area contributed by atoms with E-state index >= 15 is 0 Å². The number of ketones is 1. The van der Waals surface area contributed by atoms with Crippen LogP contribution >= 0.6 is 0 Å². The Morgan fingerprint density at radius 1 is 1.12 bits per heavy atom. The van der Waals surface area contributed by atoms with Crippen LogP contribution in [-0.4, -0.2) is 36.4 Å². The zero-order valence-electron chi connectivity index (χ0n) is 18.6. The highest BCUT2D eigenvalue weighted by molar-refractivity contribution is 5.98. The van der Waals surface area contributed by atoms with Gasteiger partial charge >= 0.3 is 17.9 Å². The summed E-state index contributed by atoms with van der Waals surface area (Å²) >= 11 is 0. The zero-order chi connectivity index (χ0) is 22.9.